The zero-order valence-electron chi connectivity index (χ0n) is 31.2. The third kappa shape index (κ3) is 36.2. The van der Waals surface area contributed by atoms with Crippen LogP contribution >= 0.6 is 0 Å². The minimum atomic E-state index is -4.33. The summed E-state index contributed by atoms with van der Waals surface area (Å²) in [5.41, 5.74) is 0. The van der Waals surface area contributed by atoms with Gasteiger partial charge in [-0.1, -0.05) is 206 Å². The van der Waals surface area contributed by atoms with Crippen LogP contribution in [0, 0.1) is 0 Å². The molecule has 0 aromatic rings. The summed E-state index contributed by atoms with van der Waals surface area (Å²) in [6, 6.07) is -1.05. The lowest BCUT2D eigenvalue weighted by atomic mass is 10.0. The molecule has 0 aromatic carbocycles. The third-order valence-corrected chi connectivity index (χ3v) is 10.2. The Bertz CT molecular complexity index is 800. The van der Waals surface area contributed by atoms with Gasteiger partial charge in [-0.25, -0.2) is 0 Å². The van der Waals surface area contributed by atoms with Crippen LogP contribution in [0.5, 0.6) is 0 Å². The van der Waals surface area contributed by atoms with Crippen LogP contribution in [0.3, 0.4) is 0 Å². The van der Waals surface area contributed by atoms with Crippen LogP contribution in [0.15, 0.2) is 12.2 Å². The van der Waals surface area contributed by atoms with Gasteiger partial charge in [-0.2, -0.15) is 8.42 Å². The smallest absolute Gasteiger partial charge is 0.267 e. The molecule has 2 atom stereocenters. The summed E-state index contributed by atoms with van der Waals surface area (Å²) < 4.78 is 32.4. The van der Waals surface area contributed by atoms with Gasteiger partial charge in [-0.3, -0.25) is 9.35 Å². The molecule has 0 heterocycles. The topological polar surface area (TPSA) is 104 Å². The molecule has 0 rings (SSSR count). The molecule has 0 aliphatic heterocycles. The van der Waals surface area contributed by atoms with Crippen LogP contribution in [0.1, 0.15) is 219 Å². The van der Waals surface area contributed by atoms with Crippen LogP contribution in [0.2, 0.25) is 0 Å². The van der Waals surface area contributed by atoms with Crippen molar-refractivity contribution in [3.63, 3.8) is 0 Å². The van der Waals surface area contributed by atoms with Crippen molar-refractivity contribution in [2.24, 2.45) is 0 Å². The van der Waals surface area contributed by atoms with Gasteiger partial charge in [-0.15, -0.1) is 0 Å². The highest BCUT2D eigenvalue weighted by atomic mass is 32.2. The van der Waals surface area contributed by atoms with Crippen molar-refractivity contribution in [2.45, 2.75) is 231 Å². The number of amides is 1. The summed E-state index contributed by atoms with van der Waals surface area (Å²) in [6.07, 6.45) is 42.1. The van der Waals surface area contributed by atoms with E-state index in [0.717, 1.165) is 38.5 Å². The molecule has 0 saturated carbocycles. The standard InChI is InChI=1S/C40H79NO5S/c1-3-5-7-9-11-13-15-16-17-18-19-20-21-22-23-24-26-28-30-32-34-36-40(43)41-38(37-47(44,45)46)39(42)35-33-31-29-27-25-14-12-10-8-6-4-2/h33,35,38-39,42H,3-32,34,36-37H2,1-2H3,(H,41,43)(H,44,45,46)/b35-33+. The number of aliphatic hydroxyl groups excluding tert-OH is 1. The van der Waals surface area contributed by atoms with Crippen molar-refractivity contribution in [3.05, 3.63) is 12.2 Å². The predicted molar refractivity (Wildman–Crippen MR) is 203 cm³/mol. The molecule has 0 radical (unpaired) electrons. The summed E-state index contributed by atoms with van der Waals surface area (Å²) >= 11 is 0. The molecule has 47 heavy (non-hydrogen) atoms. The number of carbonyl (C=O) groups excluding carboxylic acids is 1. The Morgan fingerprint density at radius 1 is 0.553 bits per heavy atom. The second-order valence-electron chi connectivity index (χ2n) is 14.3. The second kappa shape index (κ2) is 34.9. The predicted octanol–water partition coefficient (Wildman–Crippen LogP) is 11.8. The van der Waals surface area contributed by atoms with Crippen LogP contribution < -0.4 is 5.32 Å². The Kier molecular flexibility index (Phi) is 34.2. The fourth-order valence-electron chi connectivity index (χ4n) is 6.39. The van der Waals surface area contributed by atoms with Crippen molar-refractivity contribution in [1.29, 1.82) is 0 Å². The van der Waals surface area contributed by atoms with Gasteiger partial charge in [0.05, 0.1) is 17.9 Å². The van der Waals surface area contributed by atoms with E-state index in [1.165, 1.54) is 161 Å². The van der Waals surface area contributed by atoms with E-state index in [2.05, 4.69) is 19.2 Å². The molecule has 3 N–H and O–H groups in total. The number of carbonyl (C=O) groups is 1. The van der Waals surface area contributed by atoms with Crippen molar-refractivity contribution >= 4 is 16.0 Å². The highest BCUT2D eigenvalue weighted by Gasteiger charge is 2.24. The summed E-state index contributed by atoms with van der Waals surface area (Å²) in [5.74, 6) is -0.968. The Balaban J connectivity index is 3.80. The normalized spacial score (nSPS) is 13.4. The number of nitrogens with one attached hydrogen (secondary N) is 1. The molecule has 2 unspecified atom stereocenters. The largest absolute Gasteiger partial charge is 0.387 e. The molecule has 0 aromatic heterocycles. The summed E-state index contributed by atoms with van der Waals surface area (Å²) in [6.45, 7) is 4.51. The maximum atomic E-state index is 12.5. The van der Waals surface area contributed by atoms with Crippen LogP contribution in [-0.4, -0.2) is 41.9 Å². The molecule has 280 valence electrons. The minimum absolute atomic E-state index is 0.275. The quantitative estimate of drug-likeness (QED) is 0.0343. The molecule has 1 amide bonds. The average molecular weight is 686 g/mol. The number of unbranched alkanes of at least 4 members (excludes halogenated alkanes) is 29. The highest BCUT2D eigenvalue weighted by Crippen LogP contribution is 2.16. The summed E-state index contributed by atoms with van der Waals surface area (Å²) in [4.78, 5) is 12.5. The first kappa shape index (κ1) is 46.1. The van der Waals surface area contributed by atoms with Gasteiger partial charge in [-0.05, 0) is 19.3 Å². The molecule has 0 aliphatic carbocycles. The molecule has 7 heteroatoms. The van der Waals surface area contributed by atoms with Crippen molar-refractivity contribution in [2.75, 3.05) is 5.75 Å². The maximum Gasteiger partial charge on any atom is 0.267 e. The summed E-state index contributed by atoms with van der Waals surface area (Å²) in [7, 11) is -4.33. The van der Waals surface area contributed by atoms with Crippen molar-refractivity contribution in [1.82, 2.24) is 5.32 Å². The van der Waals surface area contributed by atoms with E-state index in [4.69, 9.17) is 0 Å². The molecule has 0 fully saturated rings. The van der Waals surface area contributed by atoms with Crippen LogP contribution in [0.4, 0.5) is 0 Å². The number of hydrogen-bond donors (Lipinski definition) is 3. The van der Waals surface area contributed by atoms with E-state index in [1.807, 2.05) is 6.08 Å². The lowest BCUT2D eigenvalue weighted by Crippen LogP contribution is -2.46. The van der Waals surface area contributed by atoms with E-state index in [0.29, 0.717) is 6.42 Å². The summed E-state index contributed by atoms with van der Waals surface area (Å²) in [5, 5.41) is 13.2. The fraction of sp³-hybridized carbons (Fsp3) is 0.925. The van der Waals surface area contributed by atoms with Gasteiger partial charge in [0, 0.05) is 6.42 Å². The van der Waals surface area contributed by atoms with E-state index >= 15 is 0 Å². The Morgan fingerprint density at radius 2 is 0.872 bits per heavy atom. The lowest BCUT2D eigenvalue weighted by molar-refractivity contribution is -0.122. The van der Waals surface area contributed by atoms with Crippen LogP contribution in [-0.2, 0) is 14.9 Å². The number of hydrogen-bond acceptors (Lipinski definition) is 4. The number of aliphatic hydroxyl groups is 1. The number of rotatable bonds is 37. The fourth-order valence-corrected chi connectivity index (χ4v) is 7.13. The highest BCUT2D eigenvalue weighted by molar-refractivity contribution is 7.85. The van der Waals surface area contributed by atoms with Gasteiger partial charge in [0.15, 0.2) is 0 Å². The van der Waals surface area contributed by atoms with Crippen molar-refractivity contribution < 1.29 is 22.9 Å². The van der Waals surface area contributed by atoms with Gasteiger partial charge < -0.3 is 10.4 Å². The lowest BCUT2D eigenvalue weighted by Gasteiger charge is -2.21. The van der Waals surface area contributed by atoms with E-state index in [9.17, 15) is 22.9 Å². The van der Waals surface area contributed by atoms with E-state index < -0.39 is 28.0 Å². The Hall–Kier alpha value is -0.920. The molecule has 0 bridgehead atoms. The first-order valence-corrected chi connectivity index (χ1v) is 22.0. The Morgan fingerprint density at radius 3 is 1.21 bits per heavy atom. The maximum absolute atomic E-state index is 12.5. The molecular formula is C40H79NO5S. The van der Waals surface area contributed by atoms with E-state index in [1.54, 1.807) is 6.08 Å². The zero-order chi connectivity index (χ0) is 34.7. The zero-order valence-corrected chi connectivity index (χ0v) is 32.0. The molecule has 0 spiro atoms. The number of allylic oxidation sites excluding steroid dienone is 1. The van der Waals surface area contributed by atoms with Crippen LogP contribution in [0.25, 0.3) is 0 Å². The Labute approximate surface area is 292 Å². The van der Waals surface area contributed by atoms with Crippen molar-refractivity contribution in [3.8, 4) is 0 Å². The third-order valence-electron chi connectivity index (χ3n) is 9.46. The molecule has 6 nitrogen and oxygen atoms in total. The molecular weight excluding hydrogens is 607 g/mol. The molecule has 0 saturated heterocycles. The minimum Gasteiger partial charge on any atom is -0.387 e. The van der Waals surface area contributed by atoms with Gasteiger partial charge >= 0.3 is 0 Å². The molecule has 0 aliphatic rings. The van der Waals surface area contributed by atoms with Gasteiger partial charge in [0.1, 0.15) is 0 Å². The van der Waals surface area contributed by atoms with Gasteiger partial charge in [0.2, 0.25) is 5.91 Å². The monoisotopic (exact) mass is 686 g/mol. The first-order chi connectivity index (χ1) is 22.8. The van der Waals surface area contributed by atoms with Gasteiger partial charge in [0.25, 0.3) is 10.1 Å². The van der Waals surface area contributed by atoms with E-state index in [-0.39, 0.29) is 5.91 Å². The average Bonchev–Trinajstić information content (AvgIpc) is 3.03. The first-order valence-electron chi connectivity index (χ1n) is 20.4. The second-order valence-corrected chi connectivity index (χ2v) is 15.8. The SMILES string of the molecule is CCCCCCCCCCC/C=C/C(O)C(CS(=O)(=O)O)NC(=O)CCCCCCCCCCCCCCCCCCCCCCC.